The van der Waals surface area contributed by atoms with Gasteiger partial charge < -0.3 is 15.3 Å². The first-order chi connectivity index (χ1) is 10.3. The van der Waals surface area contributed by atoms with E-state index in [0.29, 0.717) is 24.9 Å². The number of nitrogens with zero attached hydrogens (tertiary/aromatic N) is 4. The van der Waals surface area contributed by atoms with Gasteiger partial charge in [0, 0.05) is 45.8 Å². The molecule has 9 heteroatoms. The molecular weight excluding hydrogens is 306 g/mol. The Morgan fingerprint density at radius 2 is 2.18 bits per heavy atom. The van der Waals surface area contributed by atoms with Gasteiger partial charge in [0.2, 0.25) is 16.0 Å². The van der Waals surface area contributed by atoms with Crippen LogP contribution in [0.15, 0.2) is 12.3 Å². The van der Waals surface area contributed by atoms with Crippen LogP contribution in [0.1, 0.15) is 6.92 Å². The number of nitrogens with one attached hydrogen (secondary N) is 1. The van der Waals surface area contributed by atoms with Crippen LogP contribution in [0.3, 0.4) is 0 Å². The third-order valence-corrected chi connectivity index (χ3v) is 5.63. The van der Waals surface area contributed by atoms with E-state index >= 15 is 0 Å². The van der Waals surface area contributed by atoms with Gasteiger partial charge in [-0.15, -0.1) is 0 Å². The number of aromatic nitrogens is 2. The van der Waals surface area contributed by atoms with Crippen LogP contribution >= 0.6 is 0 Å². The molecule has 2 heterocycles. The third-order valence-electron chi connectivity index (χ3n) is 3.67. The van der Waals surface area contributed by atoms with E-state index in [-0.39, 0.29) is 11.7 Å². The second kappa shape index (κ2) is 6.76. The van der Waals surface area contributed by atoms with Crippen molar-refractivity contribution in [3.8, 4) is 0 Å². The second-order valence-electron chi connectivity index (χ2n) is 5.57. The molecule has 124 valence electrons. The SMILES string of the molecule is CCNc1ccnc(N2C[C@@H](CS(=O)(=O)N(C)C)[C@@H](O)C2)n1. The molecule has 2 atom stereocenters. The van der Waals surface area contributed by atoms with E-state index in [2.05, 4.69) is 15.3 Å². The summed E-state index contributed by atoms with van der Waals surface area (Å²) in [6.45, 7) is 3.49. The van der Waals surface area contributed by atoms with Crippen molar-refractivity contribution in [2.45, 2.75) is 13.0 Å². The zero-order valence-corrected chi connectivity index (χ0v) is 13.9. The summed E-state index contributed by atoms with van der Waals surface area (Å²) in [5, 5.41) is 13.2. The minimum absolute atomic E-state index is 0.0788. The van der Waals surface area contributed by atoms with Crippen molar-refractivity contribution in [1.82, 2.24) is 14.3 Å². The Balaban J connectivity index is 2.09. The van der Waals surface area contributed by atoms with Crippen molar-refractivity contribution < 1.29 is 13.5 Å². The van der Waals surface area contributed by atoms with Gasteiger partial charge in [0.15, 0.2) is 0 Å². The molecule has 0 amide bonds. The zero-order chi connectivity index (χ0) is 16.3. The molecule has 0 bridgehead atoms. The lowest BCUT2D eigenvalue weighted by Gasteiger charge is -2.18. The zero-order valence-electron chi connectivity index (χ0n) is 13.1. The van der Waals surface area contributed by atoms with Gasteiger partial charge >= 0.3 is 0 Å². The summed E-state index contributed by atoms with van der Waals surface area (Å²) in [7, 11) is -0.349. The van der Waals surface area contributed by atoms with Crippen molar-refractivity contribution >= 4 is 21.8 Å². The molecule has 1 fully saturated rings. The van der Waals surface area contributed by atoms with Crippen LogP contribution in [-0.2, 0) is 10.0 Å². The molecule has 0 radical (unpaired) electrons. The van der Waals surface area contributed by atoms with Crippen LogP contribution in [-0.4, -0.2) is 73.4 Å². The standard InChI is InChI=1S/C13H23N5O3S/c1-4-14-12-5-6-15-13(16-12)18-7-10(11(19)8-18)9-22(20,21)17(2)3/h5-6,10-11,19H,4,7-9H2,1-3H3,(H,14,15,16)/t10-,11-/m0/s1. The van der Waals surface area contributed by atoms with Gasteiger partial charge in [0.1, 0.15) is 5.82 Å². The third kappa shape index (κ3) is 3.84. The highest BCUT2D eigenvalue weighted by molar-refractivity contribution is 7.89. The first kappa shape index (κ1) is 16.9. The van der Waals surface area contributed by atoms with E-state index in [1.54, 1.807) is 12.3 Å². The fourth-order valence-corrected chi connectivity index (χ4v) is 3.55. The van der Waals surface area contributed by atoms with Crippen molar-refractivity contribution in [2.24, 2.45) is 5.92 Å². The molecule has 0 saturated carbocycles. The second-order valence-corrected chi connectivity index (χ2v) is 7.79. The van der Waals surface area contributed by atoms with Crippen LogP contribution in [0, 0.1) is 5.92 Å². The number of hydrogen-bond donors (Lipinski definition) is 2. The summed E-state index contributed by atoms with van der Waals surface area (Å²) in [6.07, 6.45) is 0.942. The van der Waals surface area contributed by atoms with Crippen LogP contribution in [0.2, 0.25) is 0 Å². The van der Waals surface area contributed by atoms with Gasteiger partial charge in [0.25, 0.3) is 0 Å². The van der Waals surface area contributed by atoms with E-state index < -0.39 is 16.1 Å². The Hall–Kier alpha value is -1.45. The summed E-state index contributed by atoms with van der Waals surface area (Å²) in [6, 6.07) is 1.77. The molecule has 0 spiro atoms. The summed E-state index contributed by atoms with van der Waals surface area (Å²) in [5.41, 5.74) is 0. The lowest BCUT2D eigenvalue weighted by molar-refractivity contribution is 0.157. The summed E-state index contributed by atoms with van der Waals surface area (Å²) in [4.78, 5) is 10.4. The average molecular weight is 329 g/mol. The van der Waals surface area contributed by atoms with E-state index in [9.17, 15) is 13.5 Å². The Morgan fingerprint density at radius 3 is 2.82 bits per heavy atom. The van der Waals surface area contributed by atoms with Crippen LogP contribution in [0.5, 0.6) is 0 Å². The van der Waals surface area contributed by atoms with Crippen molar-refractivity contribution in [3.63, 3.8) is 0 Å². The topological polar surface area (TPSA) is 98.7 Å². The van der Waals surface area contributed by atoms with Gasteiger partial charge in [-0.05, 0) is 13.0 Å². The van der Waals surface area contributed by atoms with Gasteiger partial charge in [-0.25, -0.2) is 17.7 Å². The number of sulfonamides is 1. The lowest BCUT2D eigenvalue weighted by atomic mass is 10.1. The quantitative estimate of drug-likeness (QED) is 0.732. The Morgan fingerprint density at radius 1 is 1.45 bits per heavy atom. The Labute approximate surface area is 131 Å². The number of aliphatic hydroxyl groups excluding tert-OH is 1. The predicted molar refractivity (Wildman–Crippen MR) is 85.4 cm³/mol. The lowest BCUT2D eigenvalue weighted by Crippen LogP contribution is -2.33. The fraction of sp³-hybridized carbons (Fsp3) is 0.692. The van der Waals surface area contributed by atoms with Crippen LogP contribution in [0.25, 0.3) is 0 Å². The molecule has 2 N–H and O–H groups in total. The molecule has 1 saturated heterocycles. The minimum Gasteiger partial charge on any atom is -0.391 e. The molecular formula is C13H23N5O3S. The van der Waals surface area contributed by atoms with E-state index in [4.69, 9.17) is 0 Å². The number of β-amino-alcohol motifs (C(OH)–C–C–N with tert-alkyl or cyclic N) is 1. The molecule has 0 aromatic carbocycles. The van der Waals surface area contributed by atoms with Gasteiger partial charge in [-0.2, -0.15) is 4.98 Å². The Kier molecular flexibility index (Phi) is 5.20. The van der Waals surface area contributed by atoms with Gasteiger partial charge in [-0.3, -0.25) is 0 Å². The monoisotopic (exact) mass is 329 g/mol. The highest BCUT2D eigenvalue weighted by atomic mass is 32.2. The number of hydrogen-bond acceptors (Lipinski definition) is 7. The van der Waals surface area contributed by atoms with Crippen LogP contribution < -0.4 is 10.2 Å². The molecule has 1 aromatic heterocycles. The van der Waals surface area contributed by atoms with Gasteiger partial charge in [0.05, 0.1) is 11.9 Å². The maximum Gasteiger partial charge on any atom is 0.227 e. The molecule has 0 aliphatic carbocycles. The first-order valence-corrected chi connectivity index (χ1v) is 8.84. The largest absolute Gasteiger partial charge is 0.391 e. The highest BCUT2D eigenvalue weighted by Crippen LogP contribution is 2.23. The predicted octanol–water partition coefficient (Wildman–Crippen LogP) is -0.403. The minimum atomic E-state index is -3.34. The van der Waals surface area contributed by atoms with Gasteiger partial charge in [-0.1, -0.05) is 0 Å². The number of rotatable bonds is 6. The molecule has 22 heavy (non-hydrogen) atoms. The molecule has 1 aromatic rings. The van der Waals surface area contributed by atoms with Crippen molar-refractivity contribution in [3.05, 3.63) is 12.3 Å². The van der Waals surface area contributed by atoms with E-state index in [0.717, 1.165) is 6.54 Å². The molecule has 1 aliphatic heterocycles. The van der Waals surface area contributed by atoms with Crippen LogP contribution in [0.4, 0.5) is 11.8 Å². The molecule has 0 unspecified atom stereocenters. The maximum atomic E-state index is 12.0. The van der Waals surface area contributed by atoms with Crippen molar-refractivity contribution in [1.29, 1.82) is 0 Å². The summed E-state index contributed by atoms with van der Waals surface area (Å²) >= 11 is 0. The molecule has 2 rings (SSSR count). The van der Waals surface area contributed by atoms with E-state index in [1.165, 1.54) is 18.4 Å². The summed E-state index contributed by atoms with van der Waals surface area (Å²) in [5.74, 6) is 0.789. The summed E-state index contributed by atoms with van der Waals surface area (Å²) < 4.78 is 25.1. The highest BCUT2D eigenvalue weighted by Gasteiger charge is 2.36. The molecule has 1 aliphatic rings. The normalized spacial score (nSPS) is 22.3. The maximum absolute atomic E-state index is 12.0. The average Bonchev–Trinajstić information content (AvgIpc) is 2.80. The first-order valence-electron chi connectivity index (χ1n) is 7.23. The molecule has 8 nitrogen and oxygen atoms in total. The van der Waals surface area contributed by atoms with E-state index in [1.807, 2.05) is 11.8 Å². The smallest absolute Gasteiger partial charge is 0.227 e. The number of anilines is 2. The number of aliphatic hydroxyl groups is 1. The fourth-order valence-electron chi connectivity index (χ4n) is 2.38. The van der Waals surface area contributed by atoms with Crippen molar-refractivity contribution in [2.75, 3.05) is 49.7 Å². The Bertz CT molecular complexity index is 607.